The largest absolute Gasteiger partial charge is 0.497 e. The molecule has 0 spiro atoms. The fraction of sp³-hybridized carbons (Fsp3) is 0.556. The number of carbonyl (C=O) groups excluding carboxylic acids is 2. The maximum Gasteiger partial charge on any atom is 0.409 e. The number of hydrogen-bond acceptors (Lipinski definition) is 4. The van der Waals surface area contributed by atoms with Gasteiger partial charge >= 0.3 is 6.09 Å². The summed E-state index contributed by atoms with van der Waals surface area (Å²) in [6, 6.07) is 7.14. The first-order valence-corrected chi connectivity index (χ1v) is 8.36. The van der Waals surface area contributed by atoms with Gasteiger partial charge in [0.1, 0.15) is 5.75 Å². The predicted octanol–water partition coefficient (Wildman–Crippen LogP) is 2.68. The molecule has 0 bridgehead atoms. The van der Waals surface area contributed by atoms with E-state index in [0.29, 0.717) is 36.9 Å². The van der Waals surface area contributed by atoms with Crippen LogP contribution >= 0.6 is 0 Å². The number of carbonyl (C=O) groups is 2. The molecule has 1 N–H and O–H groups in total. The van der Waals surface area contributed by atoms with Gasteiger partial charge in [-0.2, -0.15) is 0 Å². The van der Waals surface area contributed by atoms with Crippen molar-refractivity contribution in [2.24, 2.45) is 5.92 Å². The third kappa shape index (κ3) is 5.15. The van der Waals surface area contributed by atoms with E-state index < -0.39 is 0 Å². The lowest BCUT2D eigenvalue weighted by Gasteiger charge is -2.31. The van der Waals surface area contributed by atoms with E-state index in [-0.39, 0.29) is 18.0 Å². The number of piperidine rings is 1. The topological polar surface area (TPSA) is 67.9 Å². The van der Waals surface area contributed by atoms with Crippen molar-refractivity contribution in [1.29, 1.82) is 0 Å². The van der Waals surface area contributed by atoms with Crippen LogP contribution in [0.2, 0.25) is 0 Å². The van der Waals surface area contributed by atoms with E-state index in [0.717, 1.165) is 12.8 Å². The van der Waals surface area contributed by atoms with Crippen LogP contribution in [0.4, 0.5) is 4.79 Å². The van der Waals surface area contributed by atoms with Crippen LogP contribution in [0.1, 0.15) is 37.0 Å². The summed E-state index contributed by atoms with van der Waals surface area (Å²) >= 11 is 0. The molecule has 132 valence electrons. The molecule has 0 unspecified atom stereocenters. The minimum Gasteiger partial charge on any atom is -0.497 e. The number of amides is 2. The van der Waals surface area contributed by atoms with E-state index >= 15 is 0 Å². The van der Waals surface area contributed by atoms with Crippen LogP contribution in [-0.4, -0.2) is 49.7 Å². The molecular formula is C18H26N2O4. The molecule has 0 radical (unpaired) electrons. The molecule has 1 aromatic carbocycles. The van der Waals surface area contributed by atoms with Gasteiger partial charge in [0.15, 0.2) is 0 Å². The number of ether oxygens (including phenoxy) is 2. The summed E-state index contributed by atoms with van der Waals surface area (Å²) in [7, 11) is 1.57. The van der Waals surface area contributed by atoms with Crippen molar-refractivity contribution in [1.82, 2.24) is 10.2 Å². The second-order valence-electron chi connectivity index (χ2n) is 6.44. The first-order valence-electron chi connectivity index (χ1n) is 8.36. The van der Waals surface area contributed by atoms with Crippen LogP contribution in [0.5, 0.6) is 5.75 Å². The Balaban J connectivity index is 1.80. The highest BCUT2D eigenvalue weighted by molar-refractivity contribution is 5.94. The minimum atomic E-state index is -0.263. The van der Waals surface area contributed by atoms with Crippen LogP contribution in [0.25, 0.3) is 0 Å². The first kappa shape index (κ1) is 18.1. The summed E-state index contributed by atoms with van der Waals surface area (Å²) in [5.41, 5.74) is 0.577. The van der Waals surface area contributed by atoms with Gasteiger partial charge < -0.3 is 19.7 Å². The van der Waals surface area contributed by atoms with E-state index in [1.807, 2.05) is 13.8 Å². The summed E-state index contributed by atoms with van der Waals surface area (Å²) < 4.78 is 10.4. The molecule has 1 saturated heterocycles. The summed E-state index contributed by atoms with van der Waals surface area (Å²) in [6.45, 7) is 5.65. The molecule has 0 aliphatic carbocycles. The Hall–Kier alpha value is -2.24. The van der Waals surface area contributed by atoms with E-state index in [1.54, 1.807) is 36.3 Å². The van der Waals surface area contributed by atoms with Crippen molar-refractivity contribution in [3.63, 3.8) is 0 Å². The third-order valence-electron chi connectivity index (χ3n) is 3.96. The zero-order valence-corrected chi connectivity index (χ0v) is 14.6. The minimum absolute atomic E-state index is 0.0675. The van der Waals surface area contributed by atoms with Gasteiger partial charge in [-0.05, 0) is 37.0 Å². The smallest absolute Gasteiger partial charge is 0.409 e. The average Bonchev–Trinajstić information content (AvgIpc) is 2.60. The Morgan fingerprint density at radius 2 is 2.00 bits per heavy atom. The second-order valence-corrected chi connectivity index (χ2v) is 6.44. The summed E-state index contributed by atoms with van der Waals surface area (Å²) in [5, 5.41) is 3.02. The fourth-order valence-electron chi connectivity index (χ4n) is 2.57. The molecule has 1 aromatic rings. The monoisotopic (exact) mass is 334 g/mol. The number of rotatable bonds is 5. The lowest BCUT2D eigenvalue weighted by molar-refractivity contribution is 0.0785. The molecule has 24 heavy (non-hydrogen) atoms. The van der Waals surface area contributed by atoms with Crippen molar-refractivity contribution < 1.29 is 19.1 Å². The van der Waals surface area contributed by atoms with E-state index in [1.165, 1.54) is 0 Å². The number of likely N-dealkylation sites (tertiary alicyclic amines) is 1. The molecule has 1 aliphatic rings. The lowest BCUT2D eigenvalue weighted by atomic mass is 10.0. The molecule has 1 aliphatic heterocycles. The van der Waals surface area contributed by atoms with Crippen molar-refractivity contribution in [2.45, 2.75) is 32.7 Å². The van der Waals surface area contributed by atoms with Crippen LogP contribution in [0.15, 0.2) is 24.3 Å². The number of benzene rings is 1. The summed E-state index contributed by atoms with van der Waals surface area (Å²) in [4.78, 5) is 25.9. The Morgan fingerprint density at radius 3 is 2.62 bits per heavy atom. The summed E-state index contributed by atoms with van der Waals surface area (Å²) in [6.07, 6.45) is 1.19. The van der Waals surface area contributed by atoms with Crippen molar-refractivity contribution in [3.8, 4) is 5.75 Å². The van der Waals surface area contributed by atoms with Gasteiger partial charge in [-0.3, -0.25) is 4.79 Å². The molecule has 1 heterocycles. The molecule has 0 aromatic heterocycles. The van der Waals surface area contributed by atoms with E-state index in [4.69, 9.17) is 9.47 Å². The second kappa shape index (κ2) is 8.57. The summed E-state index contributed by atoms with van der Waals surface area (Å²) in [5.74, 6) is 0.869. The molecule has 0 atom stereocenters. The molecule has 1 fully saturated rings. The average molecular weight is 334 g/mol. The number of methoxy groups -OCH3 is 1. The van der Waals surface area contributed by atoms with Crippen LogP contribution < -0.4 is 10.1 Å². The SMILES string of the molecule is COc1cccc(C(=O)NC2CCN(C(=O)OCC(C)C)CC2)c1. The van der Waals surface area contributed by atoms with Gasteiger partial charge in [0, 0.05) is 24.7 Å². The predicted molar refractivity (Wildman–Crippen MR) is 91.2 cm³/mol. The van der Waals surface area contributed by atoms with Crippen molar-refractivity contribution >= 4 is 12.0 Å². The molecule has 0 saturated carbocycles. The van der Waals surface area contributed by atoms with Crippen LogP contribution in [0, 0.1) is 5.92 Å². The van der Waals surface area contributed by atoms with Gasteiger partial charge in [-0.1, -0.05) is 19.9 Å². The fourth-order valence-corrected chi connectivity index (χ4v) is 2.57. The Labute approximate surface area is 143 Å². The number of nitrogens with one attached hydrogen (secondary N) is 1. The normalized spacial score (nSPS) is 15.2. The quantitative estimate of drug-likeness (QED) is 0.899. The van der Waals surface area contributed by atoms with E-state index in [2.05, 4.69) is 5.32 Å². The number of hydrogen-bond donors (Lipinski definition) is 1. The highest BCUT2D eigenvalue weighted by atomic mass is 16.6. The van der Waals surface area contributed by atoms with Gasteiger partial charge in [0.05, 0.1) is 13.7 Å². The highest BCUT2D eigenvalue weighted by Crippen LogP contribution is 2.15. The molecule has 6 heteroatoms. The molecule has 2 amide bonds. The third-order valence-corrected chi connectivity index (χ3v) is 3.96. The maximum atomic E-state index is 12.3. The van der Waals surface area contributed by atoms with Gasteiger partial charge in [-0.15, -0.1) is 0 Å². The Morgan fingerprint density at radius 1 is 1.29 bits per heavy atom. The van der Waals surface area contributed by atoms with Gasteiger partial charge in [-0.25, -0.2) is 4.79 Å². The van der Waals surface area contributed by atoms with Gasteiger partial charge in [0.25, 0.3) is 5.91 Å². The van der Waals surface area contributed by atoms with Crippen LogP contribution in [-0.2, 0) is 4.74 Å². The lowest BCUT2D eigenvalue weighted by Crippen LogP contribution is -2.46. The highest BCUT2D eigenvalue weighted by Gasteiger charge is 2.25. The zero-order valence-electron chi connectivity index (χ0n) is 14.6. The zero-order chi connectivity index (χ0) is 17.5. The molecule has 6 nitrogen and oxygen atoms in total. The molecular weight excluding hydrogens is 308 g/mol. The Kier molecular flexibility index (Phi) is 6.46. The standard InChI is InChI=1S/C18H26N2O4/c1-13(2)12-24-18(22)20-9-7-15(8-10-20)19-17(21)14-5-4-6-16(11-14)23-3/h4-6,11,13,15H,7-10,12H2,1-3H3,(H,19,21). The van der Waals surface area contributed by atoms with Crippen molar-refractivity contribution in [3.05, 3.63) is 29.8 Å². The molecule has 2 rings (SSSR count). The number of nitrogens with zero attached hydrogens (tertiary/aromatic N) is 1. The van der Waals surface area contributed by atoms with Gasteiger partial charge in [0.2, 0.25) is 0 Å². The van der Waals surface area contributed by atoms with E-state index in [9.17, 15) is 9.59 Å². The first-order chi connectivity index (χ1) is 11.5. The Bertz CT molecular complexity index is 566. The van der Waals surface area contributed by atoms with Crippen molar-refractivity contribution in [2.75, 3.05) is 26.8 Å². The van der Waals surface area contributed by atoms with Crippen LogP contribution in [0.3, 0.4) is 0 Å². The maximum absolute atomic E-state index is 12.3.